The Kier molecular flexibility index (Phi) is 7.12. The van der Waals surface area contributed by atoms with Gasteiger partial charge in [-0.1, -0.05) is 37.5 Å². The average molecular weight is 310 g/mol. The second-order valence-electron chi connectivity index (χ2n) is 5.77. The molecule has 0 aromatic heterocycles. The van der Waals surface area contributed by atoms with Crippen molar-refractivity contribution in [2.24, 2.45) is 11.8 Å². The van der Waals surface area contributed by atoms with Crippen LogP contribution in [0.3, 0.4) is 0 Å². The number of hydrogen-bond donors (Lipinski definition) is 0. The first-order valence-corrected chi connectivity index (χ1v) is 6.81. The van der Waals surface area contributed by atoms with Gasteiger partial charge in [-0.05, 0) is 37.2 Å². The van der Waals surface area contributed by atoms with E-state index in [4.69, 9.17) is 4.74 Å². The topological polar surface area (TPSA) is 9.23 Å². The van der Waals surface area contributed by atoms with Crippen molar-refractivity contribution in [3.63, 3.8) is 0 Å². The third-order valence-corrected chi connectivity index (χ3v) is 3.70. The number of para-hydroxylation sites is 1. The van der Waals surface area contributed by atoms with Gasteiger partial charge in [0.05, 0.1) is 11.9 Å². The Balaban J connectivity index is 0.00000200. The molecule has 2 rings (SSSR count). The van der Waals surface area contributed by atoms with Crippen molar-refractivity contribution in [3.8, 4) is 5.75 Å². The first kappa shape index (κ1) is 18.6. The molecule has 0 heterocycles. The van der Waals surface area contributed by atoms with Gasteiger partial charge in [0.25, 0.3) is 0 Å². The molecule has 0 radical (unpaired) electrons. The van der Waals surface area contributed by atoms with Crippen LogP contribution in [0.2, 0.25) is 0 Å². The van der Waals surface area contributed by atoms with Gasteiger partial charge in [-0.3, -0.25) is 0 Å². The molecule has 1 saturated carbocycles. The number of benzene rings is 1. The second-order valence-corrected chi connectivity index (χ2v) is 5.77. The van der Waals surface area contributed by atoms with Crippen LogP contribution >= 0.6 is 0 Å². The molecule has 1 fully saturated rings. The van der Waals surface area contributed by atoms with E-state index in [0.29, 0.717) is 11.8 Å². The summed E-state index contributed by atoms with van der Waals surface area (Å²) in [6, 6.07) is 5.53. The Labute approximate surface area is 161 Å². The summed E-state index contributed by atoms with van der Waals surface area (Å²) in [7, 11) is 0. The van der Waals surface area contributed by atoms with Gasteiger partial charge in [0.15, 0.2) is 0 Å². The summed E-state index contributed by atoms with van der Waals surface area (Å²) >= 11 is 0. The number of hydrogen-bond acceptors (Lipinski definition) is 1. The minimum Gasteiger partial charge on any atom is -0.493 e. The molecule has 106 valence electrons. The predicted octanol–water partition coefficient (Wildman–Crippen LogP) is 0.948. The summed E-state index contributed by atoms with van der Waals surface area (Å²) in [4.78, 5) is 0. The van der Waals surface area contributed by atoms with Crippen LogP contribution in [0.5, 0.6) is 5.75 Å². The first-order valence-electron chi connectivity index (χ1n) is 6.81. The van der Waals surface area contributed by atoms with Crippen LogP contribution in [-0.2, 0) is 0 Å². The van der Waals surface area contributed by atoms with E-state index >= 15 is 0 Å². The molecule has 0 aliphatic heterocycles. The van der Waals surface area contributed by atoms with E-state index in [1.165, 1.54) is 12.1 Å². The van der Waals surface area contributed by atoms with Crippen molar-refractivity contribution in [1.82, 2.24) is 0 Å². The molecule has 0 N–H and O–H groups in total. The van der Waals surface area contributed by atoms with Crippen molar-refractivity contribution in [1.29, 1.82) is 0 Å². The molecule has 2 atom stereocenters. The van der Waals surface area contributed by atoms with E-state index < -0.39 is 12.4 Å². The van der Waals surface area contributed by atoms with Crippen molar-refractivity contribution >= 4 is 12.4 Å². The van der Waals surface area contributed by atoms with Crippen LogP contribution in [0.1, 0.15) is 33.1 Å². The zero-order chi connectivity index (χ0) is 14.0. The van der Waals surface area contributed by atoms with Crippen LogP contribution in [0.15, 0.2) is 24.3 Å². The Hall–Kier alpha value is 0.511. The fourth-order valence-corrected chi connectivity index (χ4v) is 3.01. The van der Waals surface area contributed by atoms with E-state index in [9.17, 15) is 12.9 Å². The molecule has 1 aliphatic carbocycles. The van der Waals surface area contributed by atoms with Gasteiger partial charge < -0.3 is 17.7 Å². The number of rotatable bonds is 3. The minimum atomic E-state index is -5.02. The van der Waals surface area contributed by atoms with Gasteiger partial charge in [-0.2, -0.15) is 0 Å². The maximum Gasteiger partial charge on any atom is 1.00 e. The van der Waals surface area contributed by atoms with Gasteiger partial charge in [0.2, 0.25) is 0 Å². The zero-order valence-electron chi connectivity index (χ0n) is 12.3. The molecule has 0 saturated heterocycles. The Morgan fingerprint density at radius 3 is 2.10 bits per heavy atom. The second kappa shape index (κ2) is 7.68. The molecule has 6 heteroatoms. The zero-order valence-corrected chi connectivity index (χ0v) is 15.4. The van der Waals surface area contributed by atoms with Crippen LogP contribution in [0, 0.1) is 11.8 Å². The summed E-state index contributed by atoms with van der Waals surface area (Å²) in [6.07, 6.45) is 2.70. The molecule has 1 aromatic rings. The van der Waals surface area contributed by atoms with Crippen molar-refractivity contribution < 1.29 is 69.1 Å². The predicted molar refractivity (Wildman–Crippen MR) is 71.7 cm³/mol. The molecule has 20 heavy (non-hydrogen) atoms. The molecule has 1 aliphatic rings. The standard InChI is InChI=1S/C14H19BF3O.K/c1-10-7-11(2)9-12(8-10)19-14-6-4-3-5-13(14)15(16,17)18;/h3-6,10-12H,7-9H2,1-2H3;/q-1;+1. The quantitative estimate of drug-likeness (QED) is 0.756. The van der Waals surface area contributed by atoms with Crippen LogP contribution in [-0.4, -0.2) is 13.1 Å². The molecule has 0 bridgehead atoms. The van der Waals surface area contributed by atoms with E-state index in [1.54, 1.807) is 6.07 Å². The summed E-state index contributed by atoms with van der Waals surface area (Å²) in [6.45, 7) is -0.756. The number of ether oxygens (including phenoxy) is 1. The van der Waals surface area contributed by atoms with Crippen LogP contribution < -0.4 is 61.6 Å². The van der Waals surface area contributed by atoms with Crippen molar-refractivity contribution in [2.75, 3.05) is 0 Å². The van der Waals surface area contributed by atoms with E-state index in [1.807, 2.05) is 0 Å². The largest absolute Gasteiger partial charge is 1.00 e. The van der Waals surface area contributed by atoms with E-state index in [0.717, 1.165) is 25.3 Å². The molecule has 1 nitrogen and oxygen atoms in total. The van der Waals surface area contributed by atoms with Gasteiger partial charge in [0.1, 0.15) is 0 Å². The fraction of sp³-hybridized carbons (Fsp3) is 0.571. The minimum absolute atomic E-state index is 0. The smallest absolute Gasteiger partial charge is 0.493 e. The summed E-state index contributed by atoms with van der Waals surface area (Å²) in [5, 5.41) is 0. The first-order chi connectivity index (χ1) is 8.86. The fourth-order valence-electron chi connectivity index (χ4n) is 3.01. The molecular formula is C14H19BF3KO. The normalized spacial score (nSPS) is 26.8. The SMILES string of the molecule is CC1CC(C)CC(Oc2ccccc2[B-](F)(F)F)C1.[K+]. The third-order valence-electron chi connectivity index (χ3n) is 3.70. The van der Waals surface area contributed by atoms with Gasteiger partial charge in [-0.15, -0.1) is 0 Å². The van der Waals surface area contributed by atoms with Gasteiger partial charge in [0, 0.05) is 0 Å². The Bertz CT molecular complexity index is 429. The monoisotopic (exact) mass is 310 g/mol. The Morgan fingerprint density at radius 1 is 1.00 bits per heavy atom. The summed E-state index contributed by atoms with van der Waals surface area (Å²) < 4.78 is 44.5. The van der Waals surface area contributed by atoms with Crippen molar-refractivity contribution in [2.45, 2.75) is 39.2 Å². The average Bonchev–Trinajstić information content (AvgIpc) is 2.26. The van der Waals surface area contributed by atoms with Crippen molar-refractivity contribution in [3.05, 3.63) is 24.3 Å². The molecule has 0 amide bonds. The third kappa shape index (κ3) is 5.05. The van der Waals surface area contributed by atoms with Crippen LogP contribution in [0.4, 0.5) is 12.9 Å². The number of halogens is 3. The molecule has 1 aromatic carbocycles. The van der Waals surface area contributed by atoms with Gasteiger partial charge >= 0.3 is 58.4 Å². The summed E-state index contributed by atoms with van der Waals surface area (Å²) in [5.41, 5.74) is -0.617. The molecular weight excluding hydrogens is 291 g/mol. The van der Waals surface area contributed by atoms with E-state index in [2.05, 4.69) is 13.8 Å². The Morgan fingerprint density at radius 2 is 1.55 bits per heavy atom. The van der Waals surface area contributed by atoms with Crippen LogP contribution in [0.25, 0.3) is 0 Å². The van der Waals surface area contributed by atoms with Gasteiger partial charge in [-0.25, -0.2) is 0 Å². The molecule has 2 unspecified atom stereocenters. The summed E-state index contributed by atoms with van der Waals surface area (Å²) in [5.74, 6) is 1.01. The maximum atomic E-state index is 12.9. The maximum absolute atomic E-state index is 12.9. The molecule has 0 spiro atoms. The van der Waals surface area contributed by atoms with E-state index in [-0.39, 0.29) is 63.2 Å².